The van der Waals surface area contributed by atoms with Crippen LogP contribution in [0.2, 0.25) is 0 Å². The molecule has 3 fully saturated rings. The summed E-state index contributed by atoms with van der Waals surface area (Å²) < 4.78 is 40.7. The van der Waals surface area contributed by atoms with Crippen LogP contribution in [0.5, 0.6) is 5.75 Å². The van der Waals surface area contributed by atoms with Crippen molar-refractivity contribution in [2.75, 3.05) is 39.3 Å². The Labute approximate surface area is 173 Å². The third-order valence-electron chi connectivity index (χ3n) is 6.04. The first-order valence-electron chi connectivity index (χ1n) is 10.5. The molecule has 1 unspecified atom stereocenters. The van der Waals surface area contributed by atoms with Crippen LogP contribution in [-0.4, -0.2) is 78.2 Å². The van der Waals surface area contributed by atoms with Crippen molar-refractivity contribution in [1.82, 2.24) is 14.7 Å². The maximum absolute atomic E-state index is 12.8. The van der Waals surface area contributed by atoms with Crippen LogP contribution in [0, 0.1) is 5.92 Å². The highest BCUT2D eigenvalue weighted by molar-refractivity contribution is 5.94. The Kier molecular flexibility index (Phi) is 5.90. The Morgan fingerprint density at radius 2 is 1.73 bits per heavy atom. The van der Waals surface area contributed by atoms with E-state index in [0.717, 1.165) is 44.6 Å². The van der Waals surface area contributed by atoms with Crippen molar-refractivity contribution in [1.29, 1.82) is 0 Å². The fraction of sp³-hybridized carbons (Fsp3) is 0.619. The molecule has 0 radical (unpaired) electrons. The van der Waals surface area contributed by atoms with Gasteiger partial charge in [-0.3, -0.25) is 14.5 Å². The molecular weight excluding hydrogens is 399 g/mol. The summed E-state index contributed by atoms with van der Waals surface area (Å²) in [7, 11) is 0. The Hall–Kier alpha value is -2.29. The van der Waals surface area contributed by atoms with Crippen molar-refractivity contribution in [2.45, 2.75) is 38.1 Å². The first kappa shape index (κ1) is 21.0. The van der Waals surface area contributed by atoms with E-state index in [1.54, 1.807) is 4.90 Å². The van der Waals surface area contributed by atoms with Gasteiger partial charge in [0.1, 0.15) is 5.75 Å². The summed E-state index contributed by atoms with van der Waals surface area (Å²) >= 11 is 0. The molecule has 164 valence electrons. The maximum Gasteiger partial charge on any atom is 0.573 e. The summed E-state index contributed by atoms with van der Waals surface area (Å²) in [6.07, 6.45) is -0.726. The van der Waals surface area contributed by atoms with E-state index in [1.807, 2.05) is 4.90 Å². The van der Waals surface area contributed by atoms with Gasteiger partial charge in [0.15, 0.2) is 0 Å². The van der Waals surface area contributed by atoms with Crippen LogP contribution in [0.3, 0.4) is 0 Å². The molecule has 0 bridgehead atoms. The lowest BCUT2D eigenvalue weighted by Crippen LogP contribution is -2.44. The largest absolute Gasteiger partial charge is 0.573 e. The highest BCUT2D eigenvalue weighted by atomic mass is 19.4. The van der Waals surface area contributed by atoms with Crippen LogP contribution in [0.4, 0.5) is 13.2 Å². The molecule has 2 heterocycles. The zero-order valence-electron chi connectivity index (χ0n) is 16.7. The molecule has 4 rings (SSSR count). The Bertz CT molecular complexity index is 780. The number of ether oxygens (including phenoxy) is 1. The molecule has 1 aliphatic carbocycles. The van der Waals surface area contributed by atoms with Gasteiger partial charge in [0, 0.05) is 44.8 Å². The SMILES string of the molecule is O=C(c1ccc(OC(F)(F)F)cc1)N1CCCN(C2CCN(CC3CC3)C2=O)CC1. The van der Waals surface area contributed by atoms with E-state index in [0.29, 0.717) is 31.1 Å². The van der Waals surface area contributed by atoms with E-state index in [4.69, 9.17) is 0 Å². The minimum atomic E-state index is -4.76. The van der Waals surface area contributed by atoms with Gasteiger partial charge in [0.25, 0.3) is 5.91 Å². The molecule has 1 aromatic rings. The summed E-state index contributed by atoms with van der Waals surface area (Å²) in [5.41, 5.74) is 0.325. The molecule has 30 heavy (non-hydrogen) atoms. The topological polar surface area (TPSA) is 53.1 Å². The molecule has 0 N–H and O–H groups in total. The molecule has 2 amide bonds. The van der Waals surface area contributed by atoms with Crippen LogP contribution in [-0.2, 0) is 4.79 Å². The van der Waals surface area contributed by atoms with Crippen molar-refractivity contribution < 1.29 is 27.5 Å². The van der Waals surface area contributed by atoms with Crippen LogP contribution in [0.1, 0.15) is 36.0 Å². The predicted octanol–water partition coefficient (Wildman–Crippen LogP) is 2.74. The van der Waals surface area contributed by atoms with Crippen LogP contribution >= 0.6 is 0 Å². The van der Waals surface area contributed by atoms with Crippen molar-refractivity contribution in [3.8, 4) is 5.75 Å². The van der Waals surface area contributed by atoms with Gasteiger partial charge in [-0.2, -0.15) is 0 Å². The summed E-state index contributed by atoms with van der Waals surface area (Å²) in [6, 6.07) is 4.90. The van der Waals surface area contributed by atoms with Gasteiger partial charge >= 0.3 is 6.36 Å². The third-order valence-corrected chi connectivity index (χ3v) is 6.04. The van der Waals surface area contributed by atoms with Crippen LogP contribution in [0.25, 0.3) is 0 Å². The molecule has 1 aromatic carbocycles. The number of carbonyl (C=O) groups excluding carboxylic acids is 2. The average Bonchev–Trinajstić information content (AvgIpc) is 3.48. The van der Waals surface area contributed by atoms with Gasteiger partial charge in [0.2, 0.25) is 5.91 Å². The van der Waals surface area contributed by atoms with Crippen LogP contribution in [0.15, 0.2) is 24.3 Å². The van der Waals surface area contributed by atoms with Crippen molar-refractivity contribution >= 4 is 11.8 Å². The lowest BCUT2D eigenvalue weighted by Gasteiger charge is -2.26. The second kappa shape index (κ2) is 8.45. The fourth-order valence-electron chi connectivity index (χ4n) is 4.29. The van der Waals surface area contributed by atoms with E-state index >= 15 is 0 Å². The number of benzene rings is 1. The fourth-order valence-corrected chi connectivity index (χ4v) is 4.29. The number of nitrogens with zero attached hydrogens (tertiary/aromatic N) is 3. The van der Waals surface area contributed by atoms with Crippen molar-refractivity contribution in [2.24, 2.45) is 5.92 Å². The van der Waals surface area contributed by atoms with E-state index < -0.39 is 6.36 Å². The normalized spacial score (nSPS) is 23.6. The average molecular weight is 425 g/mol. The molecule has 2 aliphatic heterocycles. The first-order valence-corrected chi connectivity index (χ1v) is 10.5. The van der Waals surface area contributed by atoms with E-state index in [2.05, 4.69) is 9.64 Å². The number of hydrogen-bond acceptors (Lipinski definition) is 4. The zero-order chi connectivity index (χ0) is 21.3. The van der Waals surface area contributed by atoms with E-state index in [1.165, 1.54) is 25.0 Å². The predicted molar refractivity (Wildman–Crippen MR) is 103 cm³/mol. The molecule has 1 atom stereocenters. The molecule has 3 aliphatic rings. The third kappa shape index (κ3) is 5.06. The van der Waals surface area contributed by atoms with Gasteiger partial charge in [-0.25, -0.2) is 0 Å². The molecule has 9 heteroatoms. The van der Waals surface area contributed by atoms with E-state index in [-0.39, 0.29) is 23.6 Å². The van der Waals surface area contributed by atoms with Crippen molar-refractivity contribution in [3.05, 3.63) is 29.8 Å². The lowest BCUT2D eigenvalue weighted by atomic mass is 10.2. The number of carbonyl (C=O) groups is 2. The van der Waals surface area contributed by atoms with Crippen molar-refractivity contribution in [3.63, 3.8) is 0 Å². The monoisotopic (exact) mass is 425 g/mol. The first-order chi connectivity index (χ1) is 14.3. The Morgan fingerprint density at radius 3 is 2.40 bits per heavy atom. The zero-order valence-corrected chi connectivity index (χ0v) is 16.7. The summed E-state index contributed by atoms with van der Waals surface area (Å²) in [5.74, 6) is 0.319. The van der Waals surface area contributed by atoms with Gasteiger partial charge in [-0.15, -0.1) is 13.2 Å². The molecular formula is C21H26F3N3O3. The van der Waals surface area contributed by atoms with Gasteiger partial charge in [-0.05, 0) is 55.9 Å². The standard InChI is InChI=1S/C21H26F3N3O3/c22-21(23,24)30-17-6-4-16(5-7-17)19(28)26-10-1-9-25(12-13-26)18-8-11-27(20(18)29)14-15-2-3-15/h4-7,15,18H,1-3,8-14H2. The number of hydrogen-bond donors (Lipinski definition) is 0. The smallest absolute Gasteiger partial charge is 0.406 e. The number of amides is 2. The number of alkyl halides is 3. The lowest BCUT2D eigenvalue weighted by molar-refractivity contribution is -0.274. The van der Waals surface area contributed by atoms with Gasteiger partial charge < -0.3 is 14.5 Å². The van der Waals surface area contributed by atoms with E-state index in [9.17, 15) is 22.8 Å². The Morgan fingerprint density at radius 1 is 1.00 bits per heavy atom. The summed E-state index contributed by atoms with van der Waals surface area (Å²) in [6.45, 7) is 4.12. The second-order valence-corrected chi connectivity index (χ2v) is 8.29. The Balaban J connectivity index is 1.32. The minimum absolute atomic E-state index is 0.0994. The number of rotatable bonds is 5. The highest BCUT2D eigenvalue weighted by Crippen LogP contribution is 2.32. The number of likely N-dealkylation sites (tertiary alicyclic amines) is 1. The quantitative estimate of drug-likeness (QED) is 0.728. The highest BCUT2D eigenvalue weighted by Gasteiger charge is 2.39. The minimum Gasteiger partial charge on any atom is -0.406 e. The molecule has 0 spiro atoms. The molecule has 1 saturated carbocycles. The molecule has 6 nitrogen and oxygen atoms in total. The molecule has 0 aromatic heterocycles. The van der Waals surface area contributed by atoms with Gasteiger partial charge in [0.05, 0.1) is 6.04 Å². The van der Waals surface area contributed by atoms with Gasteiger partial charge in [-0.1, -0.05) is 0 Å². The molecule has 2 saturated heterocycles. The second-order valence-electron chi connectivity index (χ2n) is 8.29. The summed E-state index contributed by atoms with van der Waals surface area (Å²) in [5, 5.41) is 0. The summed E-state index contributed by atoms with van der Waals surface area (Å²) in [4.78, 5) is 31.4. The maximum atomic E-state index is 12.8. The van der Waals surface area contributed by atoms with Crippen LogP contribution < -0.4 is 4.74 Å². The number of halogens is 3.